The van der Waals surface area contributed by atoms with Gasteiger partial charge < -0.3 is 10.2 Å². The minimum absolute atomic E-state index is 0.0112. The summed E-state index contributed by atoms with van der Waals surface area (Å²) < 4.78 is 0. The SMILES string of the molecule is CCCC[NH+]1CCC[C@H]1C(=O)Nc1c(C)cc(C)c([N+](=O)[O-])c1C. The summed E-state index contributed by atoms with van der Waals surface area (Å²) in [5.74, 6) is -0.0112. The number of unbranched alkanes of at least 4 members (excludes halogenated alkanes) is 1. The van der Waals surface area contributed by atoms with E-state index in [0.717, 1.165) is 44.3 Å². The number of benzene rings is 1. The minimum atomic E-state index is -0.367. The topological polar surface area (TPSA) is 76.7 Å². The van der Waals surface area contributed by atoms with Crippen molar-refractivity contribution in [2.24, 2.45) is 0 Å². The lowest BCUT2D eigenvalue weighted by Crippen LogP contribution is -3.14. The van der Waals surface area contributed by atoms with Gasteiger partial charge in [0.1, 0.15) is 0 Å². The molecule has 6 nitrogen and oxygen atoms in total. The van der Waals surface area contributed by atoms with Crippen molar-refractivity contribution in [2.75, 3.05) is 18.4 Å². The summed E-state index contributed by atoms with van der Waals surface area (Å²) in [6.45, 7) is 9.53. The van der Waals surface area contributed by atoms with Gasteiger partial charge >= 0.3 is 0 Å². The van der Waals surface area contributed by atoms with Crippen LogP contribution < -0.4 is 10.2 Å². The predicted octanol–water partition coefficient (Wildman–Crippen LogP) is 2.31. The third-order valence-corrected chi connectivity index (χ3v) is 5.01. The Morgan fingerprint density at radius 3 is 2.71 bits per heavy atom. The molecule has 0 bridgehead atoms. The third kappa shape index (κ3) is 3.75. The molecule has 24 heavy (non-hydrogen) atoms. The van der Waals surface area contributed by atoms with E-state index in [9.17, 15) is 14.9 Å². The average molecular weight is 334 g/mol. The largest absolute Gasteiger partial charge is 0.325 e. The maximum absolute atomic E-state index is 12.8. The molecule has 6 heteroatoms. The summed E-state index contributed by atoms with van der Waals surface area (Å²) >= 11 is 0. The Bertz CT molecular complexity index is 643. The zero-order valence-electron chi connectivity index (χ0n) is 15.1. The number of nitro groups is 1. The smallest absolute Gasteiger partial charge is 0.282 e. The first-order valence-corrected chi connectivity index (χ1v) is 8.77. The van der Waals surface area contributed by atoms with Gasteiger partial charge in [0, 0.05) is 18.4 Å². The van der Waals surface area contributed by atoms with Gasteiger partial charge in [-0.05, 0) is 38.8 Å². The third-order valence-electron chi connectivity index (χ3n) is 5.01. The first-order valence-electron chi connectivity index (χ1n) is 8.77. The van der Waals surface area contributed by atoms with Crippen molar-refractivity contribution in [1.29, 1.82) is 0 Å². The van der Waals surface area contributed by atoms with Gasteiger partial charge in [-0.2, -0.15) is 0 Å². The van der Waals surface area contributed by atoms with E-state index in [1.807, 2.05) is 6.92 Å². The molecule has 2 atom stereocenters. The van der Waals surface area contributed by atoms with Gasteiger partial charge in [-0.1, -0.05) is 13.3 Å². The number of quaternary nitrogens is 1. The van der Waals surface area contributed by atoms with E-state index in [-0.39, 0.29) is 22.6 Å². The number of nitrogens with zero attached hydrogens (tertiary/aromatic N) is 1. The van der Waals surface area contributed by atoms with Crippen LogP contribution in [0.1, 0.15) is 49.3 Å². The first kappa shape index (κ1) is 18.4. The highest BCUT2D eigenvalue weighted by Crippen LogP contribution is 2.32. The Morgan fingerprint density at radius 1 is 1.38 bits per heavy atom. The minimum Gasteiger partial charge on any atom is -0.325 e. The first-order chi connectivity index (χ1) is 11.4. The van der Waals surface area contributed by atoms with Crippen LogP contribution in [-0.2, 0) is 4.79 Å². The molecule has 1 aromatic carbocycles. The van der Waals surface area contributed by atoms with Crippen molar-refractivity contribution >= 4 is 17.3 Å². The summed E-state index contributed by atoms with van der Waals surface area (Å²) in [5, 5.41) is 14.3. The molecule has 2 N–H and O–H groups in total. The predicted molar refractivity (Wildman–Crippen MR) is 94.6 cm³/mol. The Balaban J connectivity index is 2.23. The molecule has 1 aliphatic heterocycles. The lowest BCUT2D eigenvalue weighted by molar-refractivity contribution is -0.903. The number of nitro benzene ring substituents is 1. The lowest BCUT2D eigenvalue weighted by Gasteiger charge is -2.22. The molecule has 0 aromatic heterocycles. The maximum Gasteiger partial charge on any atom is 0.282 e. The number of carbonyl (C=O) groups excluding carboxylic acids is 1. The lowest BCUT2D eigenvalue weighted by atomic mass is 10.0. The molecule has 1 amide bonds. The van der Waals surface area contributed by atoms with Crippen molar-refractivity contribution in [1.82, 2.24) is 0 Å². The van der Waals surface area contributed by atoms with Crippen molar-refractivity contribution < 1.29 is 14.6 Å². The molecule has 0 aliphatic carbocycles. The van der Waals surface area contributed by atoms with Crippen LogP contribution in [0, 0.1) is 30.9 Å². The summed E-state index contributed by atoms with van der Waals surface area (Å²) in [6, 6.07) is 1.73. The van der Waals surface area contributed by atoms with Crippen LogP contribution in [0.4, 0.5) is 11.4 Å². The van der Waals surface area contributed by atoms with Gasteiger partial charge in [0.15, 0.2) is 6.04 Å². The van der Waals surface area contributed by atoms with E-state index >= 15 is 0 Å². The number of hydrogen-bond donors (Lipinski definition) is 2. The van der Waals surface area contributed by atoms with Crippen LogP contribution in [0.5, 0.6) is 0 Å². The summed E-state index contributed by atoms with van der Waals surface area (Å²) in [4.78, 5) is 25.0. The molecule has 1 unspecified atom stereocenters. The molecule has 1 saturated heterocycles. The van der Waals surface area contributed by atoms with Crippen molar-refractivity contribution in [3.05, 3.63) is 32.9 Å². The Hall–Kier alpha value is -1.95. The van der Waals surface area contributed by atoms with E-state index in [1.165, 1.54) is 4.90 Å². The van der Waals surface area contributed by atoms with Crippen molar-refractivity contribution in [3.8, 4) is 0 Å². The molecule has 1 heterocycles. The summed E-state index contributed by atoms with van der Waals surface area (Å²) in [6.07, 6.45) is 4.19. The fraction of sp³-hybridized carbons (Fsp3) is 0.611. The number of nitrogens with one attached hydrogen (secondary N) is 2. The van der Waals surface area contributed by atoms with Crippen LogP contribution in [0.2, 0.25) is 0 Å². The van der Waals surface area contributed by atoms with Crippen LogP contribution in [0.25, 0.3) is 0 Å². The van der Waals surface area contributed by atoms with Gasteiger partial charge in [0.05, 0.1) is 29.3 Å². The van der Waals surface area contributed by atoms with Gasteiger partial charge in [0.2, 0.25) is 0 Å². The molecule has 0 radical (unpaired) electrons. The van der Waals surface area contributed by atoms with E-state index in [4.69, 9.17) is 0 Å². The van der Waals surface area contributed by atoms with Crippen LogP contribution in [-0.4, -0.2) is 30.0 Å². The van der Waals surface area contributed by atoms with Gasteiger partial charge in [0.25, 0.3) is 11.6 Å². The van der Waals surface area contributed by atoms with E-state index in [1.54, 1.807) is 19.9 Å². The standard InChI is InChI=1S/C18H27N3O3/c1-5-6-9-20-10-7-8-15(20)18(22)19-16-12(2)11-13(3)17(14(16)4)21(23)24/h11,15H,5-10H2,1-4H3,(H,19,22)/p+1/t15-/m0/s1. The highest BCUT2D eigenvalue weighted by Gasteiger charge is 2.35. The molecule has 1 aromatic rings. The Labute approximate surface area is 143 Å². The second-order valence-corrected chi connectivity index (χ2v) is 6.81. The Kier molecular flexibility index (Phi) is 5.94. The summed E-state index contributed by atoms with van der Waals surface area (Å²) in [5.41, 5.74) is 2.73. The Morgan fingerprint density at radius 2 is 2.08 bits per heavy atom. The number of amides is 1. The number of rotatable bonds is 6. The number of carbonyl (C=O) groups is 1. The van der Waals surface area contributed by atoms with Crippen LogP contribution >= 0.6 is 0 Å². The van der Waals surface area contributed by atoms with Gasteiger partial charge in [-0.3, -0.25) is 14.9 Å². The van der Waals surface area contributed by atoms with Crippen molar-refractivity contribution in [3.63, 3.8) is 0 Å². The second kappa shape index (κ2) is 7.75. The zero-order valence-corrected chi connectivity index (χ0v) is 15.1. The molecule has 2 rings (SSSR count). The number of hydrogen-bond acceptors (Lipinski definition) is 3. The molecular weight excluding hydrogens is 306 g/mol. The summed E-state index contributed by atoms with van der Waals surface area (Å²) in [7, 11) is 0. The van der Waals surface area contributed by atoms with E-state index in [0.29, 0.717) is 16.8 Å². The van der Waals surface area contributed by atoms with Crippen LogP contribution in [0.3, 0.4) is 0 Å². The quantitative estimate of drug-likeness (QED) is 0.619. The second-order valence-electron chi connectivity index (χ2n) is 6.81. The molecule has 1 fully saturated rings. The van der Waals surface area contributed by atoms with E-state index < -0.39 is 0 Å². The average Bonchev–Trinajstić information content (AvgIpc) is 2.97. The zero-order chi connectivity index (χ0) is 17.9. The molecule has 1 aliphatic rings. The number of anilines is 1. The van der Waals surface area contributed by atoms with Crippen LogP contribution in [0.15, 0.2) is 6.07 Å². The van der Waals surface area contributed by atoms with E-state index in [2.05, 4.69) is 12.2 Å². The monoisotopic (exact) mass is 334 g/mol. The van der Waals surface area contributed by atoms with Crippen molar-refractivity contribution in [2.45, 2.75) is 59.4 Å². The highest BCUT2D eigenvalue weighted by atomic mass is 16.6. The van der Waals surface area contributed by atoms with Gasteiger partial charge in [-0.15, -0.1) is 0 Å². The number of aryl methyl sites for hydroxylation is 2. The fourth-order valence-corrected chi connectivity index (χ4v) is 3.79. The molecule has 0 saturated carbocycles. The number of likely N-dealkylation sites (tertiary alicyclic amines) is 1. The molecule has 132 valence electrons. The molecule has 0 spiro atoms. The normalized spacial score (nSPS) is 20.2. The van der Waals surface area contributed by atoms with Gasteiger partial charge in [-0.25, -0.2) is 0 Å². The maximum atomic E-state index is 12.8. The molecular formula is C18H28N3O3+. The fourth-order valence-electron chi connectivity index (χ4n) is 3.79. The highest BCUT2D eigenvalue weighted by molar-refractivity contribution is 5.96.